The molecule has 1 aromatic rings. The highest BCUT2D eigenvalue weighted by atomic mass is 16.6. The van der Waals surface area contributed by atoms with Gasteiger partial charge >= 0.3 is 5.82 Å². The lowest BCUT2D eigenvalue weighted by molar-refractivity contribution is -0.388. The Bertz CT molecular complexity index is 425. The zero-order chi connectivity index (χ0) is 12.5. The Kier molecular flexibility index (Phi) is 2.99. The van der Waals surface area contributed by atoms with E-state index in [1.54, 1.807) is 7.05 Å². The summed E-state index contributed by atoms with van der Waals surface area (Å²) in [5.41, 5.74) is -0.960. The lowest BCUT2D eigenvalue weighted by Crippen LogP contribution is -2.37. The smallest absolute Gasteiger partial charge is 0.386 e. The molecule has 0 bridgehead atoms. The molecular weight excluding hydrogens is 228 g/mol. The van der Waals surface area contributed by atoms with Gasteiger partial charge in [-0.2, -0.15) is 0 Å². The summed E-state index contributed by atoms with van der Waals surface area (Å²) in [5.74, 6) is 0.0466. The number of nitrogens with zero attached hydrogens (tertiary/aromatic N) is 3. The van der Waals surface area contributed by atoms with Crippen molar-refractivity contribution in [1.29, 1.82) is 0 Å². The molecule has 2 rings (SSSR count). The number of nitro groups is 1. The molecule has 1 unspecified atom stereocenters. The molecule has 2 N–H and O–H groups in total. The Morgan fingerprint density at radius 1 is 1.82 bits per heavy atom. The molecule has 1 atom stereocenters. The molecule has 1 aromatic heterocycles. The van der Waals surface area contributed by atoms with E-state index in [-0.39, 0.29) is 24.8 Å². The highest BCUT2D eigenvalue weighted by molar-refractivity contribution is 5.52. The quantitative estimate of drug-likeness (QED) is 0.564. The largest absolute Gasteiger partial charge is 0.406 e. The maximum absolute atomic E-state index is 10.7. The van der Waals surface area contributed by atoms with Crippen molar-refractivity contribution in [1.82, 2.24) is 9.55 Å². The molecule has 8 nitrogen and oxygen atoms in total. The second-order valence-electron chi connectivity index (χ2n) is 4.17. The van der Waals surface area contributed by atoms with Crippen LogP contribution in [0.5, 0.6) is 0 Å². The van der Waals surface area contributed by atoms with E-state index in [2.05, 4.69) is 10.3 Å². The Morgan fingerprint density at radius 3 is 3.18 bits per heavy atom. The number of hydrogen-bond acceptors (Lipinski definition) is 6. The van der Waals surface area contributed by atoms with E-state index in [1.165, 1.54) is 10.9 Å². The predicted molar refractivity (Wildman–Crippen MR) is 58.7 cm³/mol. The van der Waals surface area contributed by atoms with Crippen molar-refractivity contribution in [3.63, 3.8) is 0 Å². The van der Waals surface area contributed by atoms with E-state index in [0.29, 0.717) is 13.0 Å². The number of rotatable bonds is 4. The van der Waals surface area contributed by atoms with Crippen molar-refractivity contribution < 1.29 is 14.8 Å². The van der Waals surface area contributed by atoms with E-state index in [9.17, 15) is 15.2 Å². The molecule has 94 valence electrons. The molecule has 1 aliphatic heterocycles. The molecule has 1 aliphatic rings. The number of imidazole rings is 1. The maximum atomic E-state index is 10.7. The molecule has 0 aromatic carbocycles. The SMILES string of the molecule is Cn1cnc([N+](=O)[O-])c1NCC1(O)CCOC1. The molecule has 0 spiro atoms. The van der Waals surface area contributed by atoms with Gasteiger partial charge < -0.3 is 25.3 Å². The van der Waals surface area contributed by atoms with Crippen LogP contribution < -0.4 is 5.32 Å². The van der Waals surface area contributed by atoms with Crippen LogP contribution in [0.2, 0.25) is 0 Å². The summed E-state index contributed by atoms with van der Waals surface area (Å²) in [6.45, 7) is 0.949. The number of hydrogen-bond donors (Lipinski definition) is 2. The zero-order valence-electron chi connectivity index (χ0n) is 9.42. The Hall–Kier alpha value is -1.67. The van der Waals surface area contributed by atoms with Gasteiger partial charge in [-0.05, 0) is 9.91 Å². The number of aromatic nitrogens is 2. The zero-order valence-corrected chi connectivity index (χ0v) is 9.42. The lowest BCUT2D eigenvalue weighted by atomic mass is 10.0. The standard InChI is InChI=1S/C9H14N4O4/c1-12-6-11-8(13(15)16)7(12)10-4-9(14)2-3-17-5-9/h6,10,14H,2-5H2,1H3. The van der Waals surface area contributed by atoms with Crippen molar-refractivity contribution in [2.24, 2.45) is 7.05 Å². The Labute approximate surface area is 97.4 Å². The Morgan fingerprint density at radius 2 is 2.59 bits per heavy atom. The summed E-state index contributed by atoms with van der Waals surface area (Å²) >= 11 is 0. The third-order valence-electron chi connectivity index (χ3n) is 2.76. The molecule has 0 aliphatic carbocycles. The van der Waals surface area contributed by atoms with Gasteiger partial charge in [0.1, 0.15) is 5.60 Å². The third-order valence-corrected chi connectivity index (χ3v) is 2.76. The monoisotopic (exact) mass is 242 g/mol. The summed E-state index contributed by atoms with van der Waals surface area (Å²) in [6.07, 6.45) is 1.88. The second-order valence-corrected chi connectivity index (χ2v) is 4.17. The lowest BCUT2D eigenvalue weighted by Gasteiger charge is -2.20. The van der Waals surface area contributed by atoms with Gasteiger partial charge in [-0.15, -0.1) is 0 Å². The van der Waals surface area contributed by atoms with Crippen LogP contribution in [-0.4, -0.2) is 44.9 Å². The van der Waals surface area contributed by atoms with Crippen LogP contribution >= 0.6 is 0 Å². The second kappa shape index (κ2) is 4.30. The first kappa shape index (κ1) is 11.8. The molecule has 1 fully saturated rings. The van der Waals surface area contributed by atoms with Gasteiger partial charge in [-0.3, -0.25) is 4.57 Å². The first-order valence-corrected chi connectivity index (χ1v) is 5.21. The molecule has 17 heavy (non-hydrogen) atoms. The van der Waals surface area contributed by atoms with E-state index < -0.39 is 10.5 Å². The summed E-state index contributed by atoms with van der Waals surface area (Å²) in [6, 6.07) is 0. The first-order valence-electron chi connectivity index (χ1n) is 5.21. The highest BCUT2D eigenvalue weighted by Gasteiger charge is 2.33. The number of ether oxygens (including phenoxy) is 1. The van der Waals surface area contributed by atoms with Gasteiger partial charge in [0.15, 0.2) is 0 Å². The van der Waals surface area contributed by atoms with E-state index in [1.807, 2.05) is 0 Å². The van der Waals surface area contributed by atoms with Crippen LogP contribution in [0.4, 0.5) is 11.6 Å². The van der Waals surface area contributed by atoms with Gasteiger partial charge in [-0.25, -0.2) is 0 Å². The van der Waals surface area contributed by atoms with Crippen LogP contribution in [0.1, 0.15) is 6.42 Å². The third kappa shape index (κ3) is 2.37. The van der Waals surface area contributed by atoms with E-state index in [0.717, 1.165) is 0 Å². The molecule has 2 heterocycles. The summed E-state index contributed by atoms with van der Waals surface area (Å²) in [5, 5.41) is 23.6. The molecule has 0 amide bonds. The van der Waals surface area contributed by atoms with Crippen molar-refractivity contribution in [3.05, 3.63) is 16.4 Å². The fraction of sp³-hybridized carbons (Fsp3) is 0.667. The molecule has 0 radical (unpaired) electrons. The van der Waals surface area contributed by atoms with E-state index >= 15 is 0 Å². The molecule has 0 saturated carbocycles. The first-order chi connectivity index (χ1) is 8.02. The Balaban J connectivity index is 2.08. The maximum Gasteiger partial charge on any atom is 0.406 e. The fourth-order valence-electron chi connectivity index (χ4n) is 1.74. The fourth-order valence-corrected chi connectivity index (χ4v) is 1.74. The summed E-state index contributed by atoms with van der Waals surface area (Å²) in [7, 11) is 1.65. The van der Waals surface area contributed by atoms with Crippen molar-refractivity contribution in [2.75, 3.05) is 25.1 Å². The molecule has 1 saturated heterocycles. The van der Waals surface area contributed by atoms with Crippen LogP contribution in [0.25, 0.3) is 0 Å². The van der Waals surface area contributed by atoms with Crippen molar-refractivity contribution in [3.8, 4) is 0 Å². The van der Waals surface area contributed by atoms with Crippen molar-refractivity contribution in [2.45, 2.75) is 12.0 Å². The summed E-state index contributed by atoms with van der Waals surface area (Å²) < 4.78 is 6.60. The van der Waals surface area contributed by atoms with Crippen LogP contribution in [0, 0.1) is 10.1 Å². The number of nitrogens with one attached hydrogen (secondary N) is 1. The number of anilines is 1. The molecule has 8 heteroatoms. The topological polar surface area (TPSA) is 102 Å². The normalized spacial score (nSPS) is 23.9. The van der Waals surface area contributed by atoms with E-state index in [4.69, 9.17) is 4.74 Å². The molecular formula is C9H14N4O4. The van der Waals surface area contributed by atoms with Gasteiger partial charge in [-0.1, -0.05) is 0 Å². The number of aliphatic hydroxyl groups is 1. The highest BCUT2D eigenvalue weighted by Crippen LogP contribution is 2.24. The van der Waals surface area contributed by atoms with Crippen molar-refractivity contribution >= 4 is 11.6 Å². The van der Waals surface area contributed by atoms with Gasteiger partial charge in [0, 0.05) is 26.6 Å². The average Bonchev–Trinajstić information content (AvgIpc) is 2.83. The minimum atomic E-state index is -0.960. The van der Waals surface area contributed by atoms with Gasteiger partial charge in [0.25, 0.3) is 0 Å². The minimum absolute atomic E-state index is 0.202. The summed E-state index contributed by atoms with van der Waals surface area (Å²) in [4.78, 5) is 13.8. The average molecular weight is 242 g/mol. The van der Waals surface area contributed by atoms with Gasteiger partial charge in [0.05, 0.1) is 6.61 Å². The van der Waals surface area contributed by atoms with Crippen LogP contribution in [-0.2, 0) is 11.8 Å². The van der Waals surface area contributed by atoms with Crippen LogP contribution in [0.15, 0.2) is 6.33 Å². The van der Waals surface area contributed by atoms with Gasteiger partial charge in [0.2, 0.25) is 12.1 Å². The van der Waals surface area contributed by atoms with Crippen LogP contribution in [0.3, 0.4) is 0 Å². The minimum Gasteiger partial charge on any atom is -0.386 e. The number of aryl methyl sites for hydroxylation is 1. The predicted octanol–water partition coefficient (Wildman–Crippen LogP) is -0.108.